The molecule has 0 aliphatic rings. The fourth-order valence-corrected chi connectivity index (χ4v) is 2.78. The fraction of sp³-hybridized carbons (Fsp3) is 0.632. The minimum Gasteiger partial charge on any atom is -0.464 e. The van der Waals surface area contributed by atoms with Gasteiger partial charge in [-0.15, -0.1) is 0 Å². The number of benzene rings is 1. The molecule has 3 nitrogen and oxygen atoms in total. The van der Waals surface area contributed by atoms with Gasteiger partial charge >= 0.3 is 5.97 Å². The lowest BCUT2D eigenvalue weighted by Gasteiger charge is -2.18. The summed E-state index contributed by atoms with van der Waals surface area (Å²) in [5, 5.41) is 3.50. The Kier molecular flexibility index (Phi) is 9.56. The lowest BCUT2D eigenvalue weighted by molar-refractivity contribution is -0.145. The molecule has 0 radical (unpaired) electrons. The van der Waals surface area contributed by atoms with Crippen LogP contribution in [0.2, 0.25) is 0 Å². The van der Waals surface area contributed by atoms with Crippen LogP contribution in [0.15, 0.2) is 30.3 Å². The van der Waals surface area contributed by atoms with Crippen molar-refractivity contribution in [3.63, 3.8) is 0 Å². The van der Waals surface area contributed by atoms with Crippen LogP contribution in [0.5, 0.6) is 0 Å². The van der Waals surface area contributed by atoms with E-state index in [1.807, 2.05) is 37.3 Å². The molecular weight excluding hydrogens is 274 g/mol. The maximum Gasteiger partial charge on any atom is 0.313 e. The summed E-state index contributed by atoms with van der Waals surface area (Å²) in [5.74, 6) is -0.263. The van der Waals surface area contributed by atoms with E-state index in [1.165, 1.54) is 25.7 Å². The standard InChI is InChI=1S/C19H31NO2/c1-4-10-17(11-5-2)20-14-15-22-19(21)18(6-3)16-12-8-7-9-13-16/h7-9,12-13,17-18,20H,4-6,10-11,14-15H2,1-3H3/t18-/m1/s1. The third-order valence-electron chi connectivity index (χ3n) is 3.95. The van der Waals surface area contributed by atoms with Crippen molar-refractivity contribution in [2.24, 2.45) is 0 Å². The number of nitrogens with one attached hydrogen (secondary N) is 1. The van der Waals surface area contributed by atoms with E-state index in [0.29, 0.717) is 12.6 Å². The molecule has 1 N–H and O–H groups in total. The zero-order valence-corrected chi connectivity index (χ0v) is 14.3. The van der Waals surface area contributed by atoms with Gasteiger partial charge in [-0.3, -0.25) is 4.79 Å². The lowest BCUT2D eigenvalue weighted by Crippen LogP contribution is -2.32. The van der Waals surface area contributed by atoms with Gasteiger partial charge in [0.05, 0.1) is 5.92 Å². The van der Waals surface area contributed by atoms with Crippen molar-refractivity contribution < 1.29 is 9.53 Å². The van der Waals surface area contributed by atoms with E-state index < -0.39 is 0 Å². The summed E-state index contributed by atoms with van der Waals surface area (Å²) in [4.78, 5) is 12.2. The van der Waals surface area contributed by atoms with Gasteiger partial charge in [0.1, 0.15) is 6.61 Å². The Balaban J connectivity index is 2.35. The highest BCUT2D eigenvalue weighted by molar-refractivity contribution is 5.78. The minimum absolute atomic E-state index is 0.113. The SMILES string of the molecule is CCCC(CCC)NCCOC(=O)[C@H](CC)c1ccccc1. The Morgan fingerprint density at radius 2 is 1.73 bits per heavy atom. The average Bonchev–Trinajstić information content (AvgIpc) is 2.53. The van der Waals surface area contributed by atoms with Crippen LogP contribution in [-0.4, -0.2) is 25.2 Å². The highest BCUT2D eigenvalue weighted by Crippen LogP contribution is 2.20. The van der Waals surface area contributed by atoms with Crippen molar-refractivity contribution in [3.8, 4) is 0 Å². The molecule has 1 aromatic carbocycles. The van der Waals surface area contributed by atoms with E-state index in [2.05, 4.69) is 19.2 Å². The Labute approximate surface area is 135 Å². The average molecular weight is 305 g/mol. The number of esters is 1. The van der Waals surface area contributed by atoms with E-state index in [-0.39, 0.29) is 11.9 Å². The zero-order valence-electron chi connectivity index (χ0n) is 14.3. The van der Waals surface area contributed by atoms with Gasteiger partial charge in [-0.2, -0.15) is 0 Å². The second-order valence-electron chi connectivity index (χ2n) is 5.77. The van der Waals surface area contributed by atoms with Crippen LogP contribution in [0.1, 0.15) is 64.4 Å². The predicted molar refractivity (Wildman–Crippen MR) is 92.0 cm³/mol. The number of carbonyl (C=O) groups is 1. The minimum atomic E-state index is -0.150. The first kappa shape index (κ1) is 18.7. The molecule has 1 rings (SSSR count). The van der Waals surface area contributed by atoms with Crippen LogP contribution in [0.3, 0.4) is 0 Å². The van der Waals surface area contributed by atoms with E-state index in [0.717, 1.165) is 18.5 Å². The summed E-state index contributed by atoms with van der Waals surface area (Å²) in [6, 6.07) is 10.4. The molecule has 0 aliphatic heterocycles. The highest BCUT2D eigenvalue weighted by atomic mass is 16.5. The second-order valence-corrected chi connectivity index (χ2v) is 5.77. The highest BCUT2D eigenvalue weighted by Gasteiger charge is 2.19. The van der Waals surface area contributed by atoms with Gasteiger partial charge in [-0.05, 0) is 24.8 Å². The van der Waals surface area contributed by atoms with E-state index in [4.69, 9.17) is 4.74 Å². The van der Waals surface area contributed by atoms with E-state index in [1.54, 1.807) is 0 Å². The first-order valence-corrected chi connectivity index (χ1v) is 8.67. The van der Waals surface area contributed by atoms with Crippen LogP contribution in [0.25, 0.3) is 0 Å². The fourth-order valence-electron chi connectivity index (χ4n) is 2.78. The largest absolute Gasteiger partial charge is 0.464 e. The van der Waals surface area contributed by atoms with Crippen LogP contribution >= 0.6 is 0 Å². The lowest BCUT2D eigenvalue weighted by atomic mass is 9.97. The number of carbonyl (C=O) groups excluding carboxylic acids is 1. The normalized spacial score (nSPS) is 12.4. The Morgan fingerprint density at radius 3 is 2.27 bits per heavy atom. The third kappa shape index (κ3) is 6.61. The van der Waals surface area contributed by atoms with Crippen molar-refractivity contribution in [2.45, 2.75) is 64.8 Å². The summed E-state index contributed by atoms with van der Waals surface area (Å²) in [6.45, 7) is 7.62. The first-order valence-electron chi connectivity index (χ1n) is 8.67. The van der Waals surface area contributed by atoms with Gasteiger partial charge in [0, 0.05) is 12.6 Å². The monoisotopic (exact) mass is 305 g/mol. The summed E-state index contributed by atoms with van der Waals surface area (Å²) in [6.07, 6.45) is 5.50. The molecule has 0 spiro atoms. The second kappa shape index (κ2) is 11.2. The smallest absolute Gasteiger partial charge is 0.313 e. The van der Waals surface area contributed by atoms with Gasteiger partial charge in [0.25, 0.3) is 0 Å². The Morgan fingerprint density at radius 1 is 1.09 bits per heavy atom. The molecular formula is C19H31NO2. The van der Waals surface area contributed by atoms with Gasteiger partial charge in [-0.25, -0.2) is 0 Å². The summed E-state index contributed by atoms with van der Waals surface area (Å²) in [7, 11) is 0. The molecule has 124 valence electrons. The molecule has 0 saturated heterocycles. The summed E-state index contributed by atoms with van der Waals surface area (Å²) in [5.41, 5.74) is 1.04. The van der Waals surface area contributed by atoms with Crippen LogP contribution in [0, 0.1) is 0 Å². The number of ether oxygens (including phenoxy) is 1. The van der Waals surface area contributed by atoms with Crippen LogP contribution < -0.4 is 5.32 Å². The van der Waals surface area contributed by atoms with Crippen LogP contribution in [-0.2, 0) is 9.53 Å². The quantitative estimate of drug-likeness (QED) is 0.490. The number of hydrogen-bond donors (Lipinski definition) is 1. The molecule has 0 heterocycles. The maximum absolute atomic E-state index is 12.2. The maximum atomic E-state index is 12.2. The van der Waals surface area contributed by atoms with E-state index >= 15 is 0 Å². The van der Waals surface area contributed by atoms with Crippen LogP contribution in [0.4, 0.5) is 0 Å². The van der Waals surface area contributed by atoms with Crippen molar-refractivity contribution in [1.82, 2.24) is 5.32 Å². The first-order chi connectivity index (χ1) is 10.7. The number of rotatable bonds is 11. The van der Waals surface area contributed by atoms with E-state index in [9.17, 15) is 4.79 Å². The summed E-state index contributed by atoms with van der Waals surface area (Å²) < 4.78 is 5.45. The molecule has 0 saturated carbocycles. The molecule has 1 aromatic rings. The number of hydrogen-bond acceptors (Lipinski definition) is 3. The molecule has 0 aliphatic carbocycles. The molecule has 22 heavy (non-hydrogen) atoms. The molecule has 0 aromatic heterocycles. The van der Waals surface area contributed by atoms with Gasteiger partial charge in [0.15, 0.2) is 0 Å². The van der Waals surface area contributed by atoms with Crippen molar-refractivity contribution in [1.29, 1.82) is 0 Å². The molecule has 3 heteroatoms. The Hall–Kier alpha value is -1.35. The van der Waals surface area contributed by atoms with Crippen molar-refractivity contribution in [2.75, 3.05) is 13.2 Å². The Bertz CT molecular complexity index is 399. The van der Waals surface area contributed by atoms with Gasteiger partial charge in [-0.1, -0.05) is 63.9 Å². The molecule has 1 atom stereocenters. The third-order valence-corrected chi connectivity index (χ3v) is 3.95. The predicted octanol–water partition coefficient (Wildman–Crippen LogP) is 4.28. The zero-order chi connectivity index (χ0) is 16.2. The molecule has 0 bridgehead atoms. The van der Waals surface area contributed by atoms with Crippen molar-refractivity contribution in [3.05, 3.63) is 35.9 Å². The van der Waals surface area contributed by atoms with Gasteiger partial charge in [0.2, 0.25) is 0 Å². The topological polar surface area (TPSA) is 38.3 Å². The molecule has 0 amide bonds. The van der Waals surface area contributed by atoms with Crippen molar-refractivity contribution >= 4 is 5.97 Å². The van der Waals surface area contributed by atoms with Gasteiger partial charge < -0.3 is 10.1 Å². The molecule has 0 unspecified atom stereocenters. The molecule has 0 fully saturated rings. The summed E-state index contributed by atoms with van der Waals surface area (Å²) >= 11 is 0.